The van der Waals surface area contributed by atoms with Crippen LogP contribution in [-0.4, -0.2) is 19.6 Å². The number of halogens is 1. The molecule has 1 N–H and O–H groups in total. The number of rotatable bonds is 7. The lowest BCUT2D eigenvalue weighted by atomic mass is 10.1. The Morgan fingerprint density at radius 1 is 1.26 bits per heavy atom. The van der Waals surface area contributed by atoms with E-state index < -0.39 is 0 Å². The molecule has 1 aromatic rings. The highest BCUT2D eigenvalue weighted by Gasteiger charge is 2.12. The van der Waals surface area contributed by atoms with E-state index in [9.17, 15) is 4.39 Å². The molecular weight excluding hydrogens is 239 g/mol. The van der Waals surface area contributed by atoms with Crippen LogP contribution in [0, 0.1) is 11.7 Å². The molecule has 108 valence electrons. The zero-order valence-electron chi connectivity index (χ0n) is 12.8. The van der Waals surface area contributed by atoms with Crippen molar-refractivity contribution in [1.29, 1.82) is 0 Å². The Morgan fingerprint density at radius 2 is 1.95 bits per heavy atom. The van der Waals surface area contributed by atoms with Gasteiger partial charge in [0.15, 0.2) is 0 Å². The smallest absolute Gasteiger partial charge is 0.123 e. The zero-order valence-corrected chi connectivity index (χ0v) is 12.8. The van der Waals surface area contributed by atoms with E-state index in [-0.39, 0.29) is 5.82 Å². The first kappa shape index (κ1) is 16.0. The third-order valence-corrected chi connectivity index (χ3v) is 3.54. The Balaban J connectivity index is 2.85. The molecule has 0 heterocycles. The largest absolute Gasteiger partial charge is 0.372 e. The third kappa shape index (κ3) is 4.83. The van der Waals surface area contributed by atoms with Crippen LogP contribution >= 0.6 is 0 Å². The maximum Gasteiger partial charge on any atom is 0.123 e. The van der Waals surface area contributed by atoms with Gasteiger partial charge in [0.05, 0.1) is 0 Å². The lowest BCUT2D eigenvalue weighted by molar-refractivity contribution is 0.548. The lowest BCUT2D eigenvalue weighted by Crippen LogP contribution is -2.30. The van der Waals surface area contributed by atoms with Crippen molar-refractivity contribution in [1.82, 2.24) is 5.32 Å². The normalized spacial score (nSPS) is 12.8. The zero-order chi connectivity index (χ0) is 14.4. The molecule has 0 aliphatic heterocycles. The second-order valence-electron chi connectivity index (χ2n) is 5.67. The fourth-order valence-corrected chi connectivity index (χ4v) is 2.05. The van der Waals surface area contributed by atoms with E-state index in [1.807, 2.05) is 6.07 Å². The van der Waals surface area contributed by atoms with Gasteiger partial charge in [-0.1, -0.05) is 20.8 Å². The van der Waals surface area contributed by atoms with Crippen LogP contribution in [-0.2, 0) is 6.54 Å². The van der Waals surface area contributed by atoms with E-state index >= 15 is 0 Å². The van der Waals surface area contributed by atoms with Crippen molar-refractivity contribution in [3.63, 3.8) is 0 Å². The first-order chi connectivity index (χ1) is 8.95. The molecule has 0 spiro atoms. The van der Waals surface area contributed by atoms with Crippen LogP contribution < -0.4 is 10.2 Å². The highest BCUT2D eigenvalue weighted by atomic mass is 19.1. The predicted molar refractivity (Wildman–Crippen MR) is 81.1 cm³/mol. The maximum atomic E-state index is 13.4. The molecule has 0 fully saturated rings. The standard InChI is InChI=1S/C16H27FN2/c1-6-13(4)19(5)16-8-7-15(17)9-14(16)11-18-10-12(2)3/h7-9,12-13,18H,6,10-11H2,1-5H3. The average Bonchev–Trinajstić information content (AvgIpc) is 2.37. The first-order valence-electron chi connectivity index (χ1n) is 7.17. The second-order valence-corrected chi connectivity index (χ2v) is 5.67. The molecule has 1 rings (SSSR count). The Hall–Kier alpha value is -1.09. The van der Waals surface area contributed by atoms with Gasteiger partial charge in [-0.15, -0.1) is 0 Å². The Morgan fingerprint density at radius 3 is 2.53 bits per heavy atom. The summed E-state index contributed by atoms with van der Waals surface area (Å²) in [5.74, 6) is 0.437. The van der Waals surface area contributed by atoms with Crippen molar-refractivity contribution in [2.24, 2.45) is 5.92 Å². The fraction of sp³-hybridized carbons (Fsp3) is 0.625. The number of benzene rings is 1. The van der Waals surface area contributed by atoms with Crippen molar-refractivity contribution < 1.29 is 4.39 Å². The van der Waals surface area contributed by atoms with Crippen LogP contribution in [0.3, 0.4) is 0 Å². The first-order valence-corrected chi connectivity index (χ1v) is 7.17. The van der Waals surface area contributed by atoms with Gasteiger partial charge in [0, 0.05) is 25.3 Å². The minimum absolute atomic E-state index is 0.164. The highest BCUT2D eigenvalue weighted by Crippen LogP contribution is 2.23. The second kappa shape index (κ2) is 7.49. The van der Waals surface area contributed by atoms with Crippen molar-refractivity contribution in [2.75, 3.05) is 18.5 Å². The summed E-state index contributed by atoms with van der Waals surface area (Å²) < 4.78 is 13.4. The molecule has 2 nitrogen and oxygen atoms in total. The Labute approximate surface area is 117 Å². The van der Waals surface area contributed by atoms with E-state index in [1.54, 1.807) is 12.1 Å². The number of hydrogen-bond acceptors (Lipinski definition) is 2. The van der Waals surface area contributed by atoms with E-state index in [1.165, 1.54) is 0 Å². The SMILES string of the molecule is CCC(C)N(C)c1ccc(F)cc1CNCC(C)C. The summed E-state index contributed by atoms with van der Waals surface area (Å²) in [4.78, 5) is 2.23. The molecule has 0 aromatic heterocycles. The van der Waals surface area contributed by atoms with Crippen LogP contribution in [0.2, 0.25) is 0 Å². The van der Waals surface area contributed by atoms with Crippen LogP contribution in [0.1, 0.15) is 39.7 Å². The predicted octanol–water partition coefficient (Wildman–Crippen LogP) is 3.81. The van der Waals surface area contributed by atoms with E-state index in [4.69, 9.17) is 0 Å². The van der Waals surface area contributed by atoms with Crippen molar-refractivity contribution in [3.05, 3.63) is 29.6 Å². The molecule has 0 radical (unpaired) electrons. The topological polar surface area (TPSA) is 15.3 Å². The van der Waals surface area contributed by atoms with Crippen LogP contribution in [0.15, 0.2) is 18.2 Å². The average molecular weight is 266 g/mol. The van der Waals surface area contributed by atoms with Gasteiger partial charge in [0.25, 0.3) is 0 Å². The highest BCUT2D eigenvalue weighted by molar-refractivity contribution is 5.54. The minimum atomic E-state index is -0.164. The molecule has 19 heavy (non-hydrogen) atoms. The molecular formula is C16H27FN2. The number of nitrogens with one attached hydrogen (secondary N) is 1. The summed E-state index contributed by atoms with van der Waals surface area (Å²) in [5.41, 5.74) is 2.15. The molecule has 0 aliphatic carbocycles. The van der Waals surface area contributed by atoms with Gasteiger partial charge in [0.2, 0.25) is 0 Å². The van der Waals surface area contributed by atoms with Crippen LogP contribution in [0.5, 0.6) is 0 Å². The van der Waals surface area contributed by atoms with Gasteiger partial charge in [0.1, 0.15) is 5.82 Å². The van der Waals surface area contributed by atoms with E-state index in [2.05, 4.69) is 45.0 Å². The van der Waals surface area contributed by atoms with Gasteiger partial charge in [-0.05, 0) is 49.6 Å². The summed E-state index contributed by atoms with van der Waals surface area (Å²) in [7, 11) is 2.08. The molecule has 1 unspecified atom stereocenters. The Kier molecular flexibility index (Phi) is 6.29. The number of hydrogen-bond donors (Lipinski definition) is 1. The van der Waals surface area contributed by atoms with Gasteiger partial charge >= 0.3 is 0 Å². The number of anilines is 1. The number of nitrogens with zero attached hydrogens (tertiary/aromatic N) is 1. The van der Waals surface area contributed by atoms with Crippen LogP contribution in [0.25, 0.3) is 0 Å². The van der Waals surface area contributed by atoms with Crippen LogP contribution in [0.4, 0.5) is 10.1 Å². The molecule has 0 saturated carbocycles. The summed E-state index contributed by atoms with van der Waals surface area (Å²) in [5, 5.41) is 3.39. The van der Waals surface area contributed by atoms with Crippen molar-refractivity contribution >= 4 is 5.69 Å². The maximum absolute atomic E-state index is 13.4. The molecule has 1 aromatic carbocycles. The molecule has 3 heteroatoms. The van der Waals surface area contributed by atoms with E-state index in [0.29, 0.717) is 18.5 Å². The fourth-order valence-electron chi connectivity index (χ4n) is 2.05. The summed E-state index contributed by atoms with van der Waals surface area (Å²) in [6.07, 6.45) is 1.08. The van der Waals surface area contributed by atoms with Crippen molar-refractivity contribution in [3.8, 4) is 0 Å². The summed E-state index contributed by atoms with van der Waals surface area (Å²) >= 11 is 0. The van der Waals surface area contributed by atoms with E-state index in [0.717, 1.165) is 24.2 Å². The third-order valence-electron chi connectivity index (χ3n) is 3.54. The molecule has 0 amide bonds. The minimum Gasteiger partial charge on any atom is -0.372 e. The van der Waals surface area contributed by atoms with Gasteiger partial charge in [-0.25, -0.2) is 4.39 Å². The van der Waals surface area contributed by atoms with Gasteiger partial charge < -0.3 is 10.2 Å². The summed E-state index contributed by atoms with van der Waals surface area (Å²) in [6, 6.07) is 5.52. The molecule has 0 aliphatic rings. The molecule has 0 bridgehead atoms. The van der Waals surface area contributed by atoms with Gasteiger partial charge in [-0.3, -0.25) is 0 Å². The quantitative estimate of drug-likeness (QED) is 0.807. The summed E-state index contributed by atoms with van der Waals surface area (Å²) in [6.45, 7) is 10.4. The van der Waals surface area contributed by atoms with Crippen molar-refractivity contribution in [2.45, 2.75) is 46.7 Å². The Bertz CT molecular complexity index is 390. The monoisotopic (exact) mass is 266 g/mol. The lowest BCUT2D eigenvalue weighted by Gasteiger charge is -2.28. The molecule has 1 atom stereocenters. The van der Waals surface area contributed by atoms with Gasteiger partial charge in [-0.2, -0.15) is 0 Å². The molecule has 0 saturated heterocycles.